The Labute approximate surface area is 184 Å². The van der Waals surface area contributed by atoms with Crippen molar-refractivity contribution in [2.75, 3.05) is 33.4 Å². The second-order valence-electron chi connectivity index (χ2n) is 7.86. The third kappa shape index (κ3) is 11.4. The largest absolute Gasteiger partial charge is 0.493 e. The highest BCUT2D eigenvalue weighted by Gasteiger charge is 2.08. The lowest BCUT2D eigenvalue weighted by Gasteiger charge is -2.17. The number of carbonyl (C=O) groups is 1. The lowest BCUT2D eigenvalue weighted by Crippen LogP contribution is -2.24. The van der Waals surface area contributed by atoms with E-state index in [-0.39, 0.29) is 5.91 Å². The Kier molecular flexibility index (Phi) is 14.9. The number of carbonyl (C=O) groups excluding carboxylic acids is 1. The summed E-state index contributed by atoms with van der Waals surface area (Å²) in [5.74, 6) is 1.61. The van der Waals surface area contributed by atoms with Gasteiger partial charge in [-0.25, -0.2) is 0 Å². The predicted molar refractivity (Wildman–Crippen MR) is 125 cm³/mol. The quantitative estimate of drug-likeness (QED) is 0.316. The van der Waals surface area contributed by atoms with Crippen LogP contribution in [0.5, 0.6) is 11.5 Å². The summed E-state index contributed by atoms with van der Waals surface area (Å²) >= 11 is 0. The van der Waals surface area contributed by atoms with Crippen molar-refractivity contribution in [2.45, 2.75) is 85.1 Å². The van der Waals surface area contributed by atoms with E-state index >= 15 is 0 Å². The molecule has 0 saturated heterocycles. The second kappa shape index (κ2) is 17.0. The molecule has 0 atom stereocenters. The molecule has 0 aliphatic rings. The van der Waals surface area contributed by atoms with Crippen LogP contribution in [0.1, 0.15) is 84.1 Å². The zero-order valence-corrected chi connectivity index (χ0v) is 19.8. The van der Waals surface area contributed by atoms with Gasteiger partial charge in [0.2, 0.25) is 5.91 Å². The number of ether oxygens (including phenoxy) is 2. The fourth-order valence-corrected chi connectivity index (χ4v) is 3.46. The fourth-order valence-electron chi connectivity index (χ4n) is 3.46. The van der Waals surface area contributed by atoms with E-state index in [4.69, 9.17) is 9.47 Å². The highest BCUT2D eigenvalue weighted by molar-refractivity contribution is 5.75. The van der Waals surface area contributed by atoms with Gasteiger partial charge in [-0.2, -0.15) is 0 Å². The lowest BCUT2D eigenvalue weighted by atomic mass is 10.1. The van der Waals surface area contributed by atoms with E-state index in [1.54, 1.807) is 7.11 Å². The van der Waals surface area contributed by atoms with E-state index in [1.165, 1.54) is 25.7 Å². The summed E-state index contributed by atoms with van der Waals surface area (Å²) in [5.41, 5.74) is 1.03. The third-order valence-corrected chi connectivity index (χ3v) is 5.50. The summed E-state index contributed by atoms with van der Waals surface area (Å²) in [6, 6.07) is 5.90. The fraction of sp³-hybridized carbons (Fsp3) is 0.720. The molecule has 5 heteroatoms. The van der Waals surface area contributed by atoms with E-state index in [9.17, 15) is 4.79 Å². The summed E-state index contributed by atoms with van der Waals surface area (Å²) in [6.07, 6.45) is 9.94. The highest BCUT2D eigenvalue weighted by Crippen LogP contribution is 2.28. The minimum atomic E-state index is 0.123. The van der Waals surface area contributed by atoms with Crippen LogP contribution in [0.2, 0.25) is 0 Å². The summed E-state index contributed by atoms with van der Waals surface area (Å²) in [5, 5.41) is 3.01. The van der Waals surface area contributed by atoms with Crippen LogP contribution in [-0.2, 0) is 11.3 Å². The molecule has 0 aliphatic heterocycles. The van der Waals surface area contributed by atoms with Crippen LogP contribution < -0.4 is 14.8 Å². The van der Waals surface area contributed by atoms with Crippen molar-refractivity contribution in [2.24, 2.45) is 0 Å². The van der Waals surface area contributed by atoms with Gasteiger partial charge in [-0.1, -0.05) is 58.9 Å². The Morgan fingerprint density at radius 2 is 1.67 bits per heavy atom. The van der Waals surface area contributed by atoms with Crippen LogP contribution in [0, 0.1) is 0 Å². The normalized spacial score (nSPS) is 11.0. The maximum absolute atomic E-state index is 12.1. The molecule has 1 aromatic carbocycles. The Balaban J connectivity index is 2.31. The molecule has 1 aromatic rings. The number of unbranched alkanes of at least 4 members (excludes halogenated alkanes) is 6. The SMILES string of the molecule is CCCCCCCCC(=O)NCc1ccc(OCCCCN(CC)CC)c(OC)c1. The molecule has 0 aliphatic carbocycles. The van der Waals surface area contributed by atoms with Crippen molar-refractivity contribution < 1.29 is 14.3 Å². The Hall–Kier alpha value is -1.75. The van der Waals surface area contributed by atoms with E-state index in [1.807, 2.05) is 18.2 Å². The Morgan fingerprint density at radius 1 is 0.933 bits per heavy atom. The van der Waals surface area contributed by atoms with Crippen molar-refractivity contribution in [3.05, 3.63) is 23.8 Å². The molecule has 1 amide bonds. The Bertz CT molecular complexity index is 574. The number of rotatable bonds is 18. The average Bonchev–Trinajstić information content (AvgIpc) is 2.77. The molecule has 0 unspecified atom stereocenters. The topological polar surface area (TPSA) is 50.8 Å². The van der Waals surface area contributed by atoms with Gasteiger partial charge in [0.25, 0.3) is 0 Å². The molecule has 0 spiro atoms. The second-order valence-corrected chi connectivity index (χ2v) is 7.86. The van der Waals surface area contributed by atoms with Crippen molar-refractivity contribution in [3.8, 4) is 11.5 Å². The first-order valence-corrected chi connectivity index (χ1v) is 11.9. The first-order valence-electron chi connectivity index (χ1n) is 11.9. The molecular weight excluding hydrogens is 376 g/mol. The number of methoxy groups -OCH3 is 1. The zero-order chi connectivity index (χ0) is 22.0. The zero-order valence-electron chi connectivity index (χ0n) is 19.8. The monoisotopic (exact) mass is 420 g/mol. The van der Waals surface area contributed by atoms with Crippen LogP contribution in [-0.4, -0.2) is 44.2 Å². The van der Waals surface area contributed by atoms with Crippen molar-refractivity contribution in [1.82, 2.24) is 10.2 Å². The molecule has 0 saturated carbocycles. The molecule has 172 valence electrons. The molecular formula is C25H44N2O3. The number of hydrogen-bond acceptors (Lipinski definition) is 4. The molecule has 0 fully saturated rings. The van der Waals surface area contributed by atoms with Crippen LogP contribution in [0.25, 0.3) is 0 Å². The first-order chi connectivity index (χ1) is 14.6. The minimum absolute atomic E-state index is 0.123. The molecule has 0 aromatic heterocycles. The summed E-state index contributed by atoms with van der Waals surface area (Å²) < 4.78 is 11.4. The molecule has 0 radical (unpaired) electrons. The Morgan fingerprint density at radius 3 is 2.37 bits per heavy atom. The van der Waals surface area contributed by atoms with Crippen LogP contribution in [0.15, 0.2) is 18.2 Å². The van der Waals surface area contributed by atoms with Crippen LogP contribution in [0.3, 0.4) is 0 Å². The minimum Gasteiger partial charge on any atom is -0.493 e. The van der Waals surface area contributed by atoms with Gasteiger partial charge in [0.05, 0.1) is 13.7 Å². The maximum atomic E-state index is 12.1. The van der Waals surface area contributed by atoms with Gasteiger partial charge in [0.15, 0.2) is 11.5 Å². The predicted octanol–water partition coefficient (Wildman–Crippen LogP) is 5.56. The molecule has 0 bridgehead atoms. The number of nitrogens with zero attached hydrogens (tertiary/aromatic N) is 1. The van der Waals surface area contributed by atoms with Gasteiger partial charge < -0.3 is 19.7 Å². The smallest absolute Gasteiger partial charge is 0.220 e. The van der Waals surface area contributed by atoms with Crippen molar-refractivity contribution >= 4 is 5.91 Å². The van der Waals surface area contributed by atoms with E-state index < -0.39 is 0 Å². The average molecular weight is 421 g/mol. The van der Waals surface area contributed by atoms with Crippen molar-refractivity contribution in [1.29, 1.82) is 0 Å². The summed E-state index contributed by atoms with van der Waals surface area (Å²) in [7, 11) is 1.66. The molecule has 1 N–H and O–H groups in total. The molecule has 0 heterocycles. The molecule has 30 heavy (non-hydrogen) atoms. The summed E-state index contributed by atoms with van der Waals surface area (Å²) in [4.78, 5) is 14.5. The lowest BCUT2D eigenvalue weighted by molar-refractivity contribution is -0.121. The third-order valence-electron chi connectivity index (χ3n) is 5.50. The van der Waals surface area contributed by atoms with Gasteiger partial charge in [-0.15, -0.1) is 0 Å². The van der Waals surface area contributed by atoms with E-state index in [0.29, 0.717) is 19.6 Å². The number of hydrogen-bond donors (Lipinski definition) is 1. The first kappa shape index (κ1) is 26.3. The van der Waals surface area contributed by atoms with Gasteiger partial charge in [0, 0.05) is 13.0 Å². The number of nitrogens with one attached hydrogen (secondary N) is 1. The standard InChI is InChI=1S/C25H44N2O3/c1-5-8-9-10-11-12-15-25(28)26-21-22-16-17-23(24(20-22)29-4)30-19-14-13-18-27(6-2)7-3/h16-17,20H,5-15,18-19,21H2,1-4H3,(H,26,28). The summed E-state index contributed by atoms with van der Waals surface area (Å²) in [6.45, 7) is 11.1. The number of benzene rings is 1. The van der Waals surface area contributed by atoms with Gasteiger partial charge >= 0.3 is 0 Å². The van der Waals surface area contributed by atoms with Crippen molar-refractivity contribution in [3.63, 3.8) is 0 Å². The highest BCUT2D eigenvalue weighted by atomic mass is 16.5. The van der Waals surface area contributed by atoms with Gasteiger partial charge in [-0.3, -0.25) is 4.79 Å². The van der Waals surface area contributed by atoms with E-state index in [0.717, 1.165) is 62.4 Å². The molecule has 5 nitrogen and oxygen atoms in total. The van der Waals surface area contributed by atoms with Crippen LogP contribution in [0.4, 0.5) is 0 Å². The van der Waals surface area contributed by atoms with E-state index in [2.05, 4.69) is 31.0 Å². The molecule has 1 rings (SSSR count). The van der Waals surface area contributed by atoms with Gasteiger partial charge in [-0.05, 0) is 56.6 Å². The van der Waals surface area contributed by atoms with Gasteiger partial charge in [0.1, 0.15) is 0 Å². The number of amides is 1. The van der Waals surface area contributed by atoms with Crippen LogP contribution >= 0.6 is 0 Å². The maximum Gasteiger partial charge on any atom is 0.220 e.